The number of rotatable bonds is 5. The predicted octanol–water partition coefficient (Wildman–Crippen LogP) is 1.53. The molecule has 3 rings (SSSR count). The summed E-state index contributed by atoms with van der Waals surface area (Å²) in [6, 6.07) is 8.59. The fraction of sp³-hybridized carbons (Fsp3) is 0.267. The number of benzene rings is 1. The summed E-state index contributed by atoms with van der Waals surface area (Å²) in [6.07, 6.45) is 1.78. The zero-order chi connectivity index (χ0) is 16.7. The number of hydrogen-bond donors (Lipinski definition) is 2. The third kappa shape index (κ3) is 3.27. The highest BCUT2D eigenvalue weighted by Gasteiger charge is 2.44. The molecule has 1 aromatic heterocycles. The highest BCUT2D eigenvalue weighted by Crippen LogP contribution is 2.47. The summed E-state index contributed by atoms with van der Waals surface area (Å²) in [5, 5.41) is 7.19. The van der Waals surface area contributed by atoms with E-state index in [2.05, 4.69) is 5.32 Å². The Kier molecular flexibility index (Phi) is 3.73. The molecule has 1 amide bonds. The number of nitrogens with two attached hydrogens (primary N) is 1. The number of primary sulfonamides is 1. The van der Waals surface area contributed by atoms with Crippen LogP contribution in [-0.4, -0.2) is 20.9 Å². The van der Waals surface area contributed by atoms with E-state index in [-0.39, 0.29) is 17.0 Å². The van der Waals surface area contributed by atoms with Gasteiger partial charge in [0.1, 0.15) is 5.82 Å². The van der Waals surface area contributed by atoms with Crippen molar-refractivity contribution in [2.45, 2.75) is 23.3 Å². The lowest BCUT2D eigenvalue weighted by Crippen LogP contribution is -2.32. The molecule has 1 heterocycles. The van der Waals surface area contributed by atoms with Crippen LogP contribution in [0.5, 0.6) is 0 Å². The van der Waals surface area contributed by atoms with Crippen molar-refractivity contribution in [2.75, 3.05) is 6.54 Å². The predicted molar refractivity (Wildman–Crippen MR) is 79.7 cm³/mol. The zero-order valence-corrected chi connectivity index (χ0v) is 12.9. The van der Waals surface area contributed by atoms with Crippen LogP contribution in [0.1, 0.15) is 29.0 Å². The molecule has 0 radical (unpaired) electrons. The molecule has 6 nitrogen and oxygen atoms in total. The van der Waals surface area contributed by atoms with Gasteiger partial charge in [-0.1, -0.05) is 12.1 Å². The van der Waals surface area contributed by atoms with Gasteiger partial charge in [0.2, 0.25) is 5.09 Å². The van der Waals surface area contributed by atoms with Gasteiger partial charge in [-0.05, 0) is 42.7 Å². The van der Waals surface area contributed by atoms with Crippen molar-refractivity contribution < 1.29 is 22.0 Å². The second-order valence-corrected chi connectivity index (χ2v) is 7.13. The molecule has 1 aliphatic carbocycles. The maximum Gasteiger partial charge on any atom is 0.287 e. The van der Waals surface area contributed by atoms with Gasteiger partial charge >= 0.3 is 0 Å². The molecule has 0 aliphatic heterocycles. The molecular formula is C15H15FN2O4S. The first-order valence-electron chi connectivity index (χ1n) is 6.97. The molecule has 1 aromatic carbocycles. The molecule has 0 bridgehead atoms. The largest absolute Gasteiger partial charge is 0.438 e. The Hall–Kier alpha value is -2.19. The summed E-state index contributed by atoms with van der Waals surface area (Å²) >= 11 is 0. The fourth-order valence-corrected chi connectivity index (χ4v) is 2.92. The summed E-state index contributed by atoms with van der Waals surface area (Å²) in [4.78, 5) is 12.0. The number of carbonyl (C=O) groups is 1. The lowest BCUT2D eigenvalue weighted by atomic mass is 9.96. The van der Waals surface area contributed by atoms with Crippen molar-refractivity contribution in [1.82, 2.24) is 5.32 Å². The van der Waals surface area contributed by atoms with Crippen molar-refractivity contribution in [3.63, 3.8) is 0 Å². The third-order valence-corrected chi connectivity index (χ3v) is 4.76. The van der Waals surface area contributed by atoms with Crippen LogP contribution in [0.25, 0.3) is 0 Å². The summed E-state index contributed by atoms with van der Waals surface area (Å²) in [5.74, 6) is -0.947. The van der Waals surface area contributed by atoms with Gasteiger partial charge in [-0.25, -0.2) is 17.9 Å². The molecule has 23 heavy (non-hydrogen) atoms. The highest BCUT2D eigenvalue weighted by molar-refractivity contribution is 7.89. The van der Waals surface area contributed by atoms with Gasteiger partial charge in [0.05, 0.1) is 0 Å². The maximum atomic E-state index is 13.0. The van der Waals surface area contributed by atoms with E-state index in [1.165, 1.54) is 18.2 Å². The zero-order valence-electron chi connectivity index (χ0n) is 12.1. The molecule has 1 fully saturated rings. The number of furan rings is 1. The van der Waals surface area contributed by atoms with E-state index >= 15 is 0 Å². The topological polar surface area (TPSA) is 102 Å². The summed E-state index contributed by atoms with van der Waals surface area (Å²) in [6.45, 7) is 0.364. The van der Waals surface area contributed by atoms with Crippen LogP contribution in [0.15, 0.2) is 45.9 Å². The smallest absolute Gasteiger partial charge is 0.287 e. The quantitative estimate of drug-likeness (QED) is 0.863. The molecule has 0 saturated heterocycles. The van der Waals surface area contributed by atoms with Crippen LogP contribution in [0.4, 0.5) is 4.39 Å². The molecular weight excluding hydrogens is 323 g/mol. The average molecular weight is 338 g/mol. The first kappa shape index (κ1) is 15.7. The number of amides is 1. The molecule has 1 saturated carbocycles. The SMILES string of the molecule is NS(=O)(=O)c1ccc(C(=O)NCC2(c3ccc(F)cc3)CC2)o1. The monoisotopic (exact) mass is 338 g/mol. The Labute approximate surface area is 132 Å². The summed E-state index contributed by atoms with van der Waals surface area (Å²) in [7, 11) is -3.98. The van der Waals surface area contributed by atoms with Gasteiger partial charge in [0, 0.05) is 12.0 Å². The Bertz CT molecular complexity index is 839. The number of nitrogens with one attached hydrogen (secondary N) is 1. The van der Waals surface area contributed by atoms with Crippen molar-refractivity contribution in [3.05, 3.63) is 53.5 Å². The Balaban J connectivity index is 1.67. The molecule has 0 unspecified atom stereocenters. The molecule has 1 aliphatic rings. The summed E-state index contributed by atoms with van der Waals surface area (Å²) < 4.78 is 40.2. The minimum Gasteiger partial charge on any atom is -0.438 e. The van der Waals surface area contributed by atoms with Gasteiger partial charge in [-0.2, -0.15) is 0 Å². The van der Waals surface area contributed by atoms with E-state index in [4.69, 9.17) is 9.56 Å². The van der Waals surface area contributed by atoms with Gasteiger partial charge in [-0.3, -0.25) is 4.79 Å². The number of sulfonamides is 1. The second-order valence-electron chi connectivity index (χ2n) is 5.63. The third-order valence-electron chi connectivity index (χ3n) is 3.98. The van der Waals surface area contributed by atoms with Gasteiger partial charge < -0.3 is 9.73 Å². The molecule has 0 spiro atoms. The molecule has 0 atom stereocenters. The number of halogens is 1. The van der Waals surface area contributed by atoms with Crippen LogP contribution < -0.4 is 10.5 Å². The lowest BCUT2D eigenvalue weighted by Gasteiger charge is -2.16. The van der Waals surface area contributed by atoms with Crippen LogP contribution in [0.2, 0.25) is 0 Å². The van der Waals surface area contributed by atoms with Crippen molar-refractivity contribution in [2.24, 2.45) is 5.14 Å². The first-order chi connectivity index (χ1) is 10.8. The van der Waals surface area contributed by atoms with Crippen LogP contribution in [0.3, 0.4) is 0 Å². The maximum absolute atomic E-state index is 13.0. The van der Waals surface area contributed by atoms with Crippen LogP contribution in [0, 0.1) is 5.82 Å². The highest BCUT2D eigenvalue weighted by atomic mass is 32.2. The van der Waals surface area contributed by atoms with E-state index in [1.54, 1.807) is 12.1 Å². The first-order valence-corrected chi connectivity index (χ1v) is 8.52. The van der Waals surface area contributed by atoms with Crippen molar-refractivity contribution >= 4 is 15.9 Å². The molecule has 8 heteroatoms. The Morgan fingerprint density at radius 3 is 2.39 bits per heavy atom. The molecule has 3 N–H and O–H groups in total. The van der Waals surface area contributed by atoms with E-state index in [9.17, 15) is 17.6 Å². The van der Waals surface area contributed by atoms with E-state index in [0.29, 0.717) is 6.54 Å². The average Bonchev–Trinajstić information content (AvgIpc) is 3.10. The van der Waals surface area contributed by atoms with Crippen molar-refractivity contribution in [1.29, 1.82) is 0 Å². The van der Waals surface area contributed by atoms with Crippen molar-refractivity contribution in [3.8, 4) is 0 Å². The van der Waals surface area contributed by atoms with Crippen LogP contribution >= 0.6 is 0 Å². The van der Waals surface area contributed by atoms with Gasteiger partial charge in [0.25, 0.3) is 15.9 Å². The van der Waals surface area contributed by atoms with Gasteiger partial charge in [-0.15, -0.1) is 0 Å². The second kappa shape index (κ2) is 5.47. The van der Waals surface area contributed by atoms with Gasteiger partial charge in [0.15, 0.2) is 5.76 Å². The van der Waals surface area contributed by atoms with E-state index in [0.717, 1.165) is 24.5 Å². The van der Waals surface area contributed by atoms with E-state index in [1.807, 2.05) is 0 Å². The standard InChI is InChI=1S/C15H15FN2O4S/c16-11-3-1-10(2-4-11)15(7-8-15)9-18-14(19)12-5-6-13(22-12)23(17,20)21/h1-6H,7-9H2,(H,18,19)(H2,17,20,21). The fourth-order valence-electron chi connectivity index (χ4n) is 2.45. The molecule has 2 aromatic rings. The number of carbonyl (C=O) groups excluding carboxylic acids is 1. The normalized spacial score (nSPS) is 16.1. The van der Waals surface area contributed by atoms with Crippen LogP contribution in [-0.2, 0) is 15.4 Å². The summed E-state index contributed by atoms with van der Waals surface area (Å²) in [5.41, 5.74) is 0.766. The number of hydrogen-bond acceptors (Lipinski definition) is 4. The minimum atomic E-state index is -3.98. The minimum absolute atomic E-state index is 0.121. The Morgan fingerprint density at radius 2 is 1.87 bits per heavy atom. The lowest BCUT2D eigenvalue weighted by molar-refractivity contribution is 0.0916. The Morgan fingerprint density at radius 1 is 1.22 bits per heavy atom. The van der Waals surface area contributed by atoms with E-state index < -0.39 is 21.0 Å². The molecule has 122 valence electrons.